The minimum Gasteiger partial charge on any atom is -0.363 e. The first-order valence-electron chi connectivity index (χ1n) is 8.98. The molecule has 150 valence electrons. The first-order valence-corrected chi connectivity index (χ1v) is 8.98. The van der Waals surface area contributed by atoms with E-state index in [9.17, 15) is 14.4 Å². The first-order chi connectivity index (χ1) is 14.5. The number of rotatable bonds is 7. The number of nitrogens with one attached hydrogen (secondary N) is 2. The number of nitrogens with two attached hydrogens (primary N) is 1. The normalized spacial score (nSPS) is 11.9. The number of ketones is 1. The Bertz CT molecular complexity index is 1230. The molecule has 4 rings (SSSR count). The summed E-state index contributed by atoms with van der Waals surface area (Å²) in [4.78, 5) is 44.0. The van der Waals surface area contributed by atoms with Crippen molar-refractivity contribution in [3.63, 3.8) is 0 Å². The maximum Gasteiger partial charge on any atom is 0.287 e. The lowest BCUT2D eigenvalue weighted by Crippen LogP contribution is -2.47. The quantitative estimate of drug-likeness (QED) is 0.388. The summed E-state index contributed by atoms with van der Waals surface area (Å²) in [6, 6.07) is 11.3. The fraction of sp³-hybridized carbons (Fsp3) is 0.100. The molecule has 4 N–H and O–H groups in total. The molecule has 0 aliphatic heterocycles. The summed E-state index contributed by atoms with van der Waals surface area (Å²) in [5.74, 6) is -2.82. The number of primary amides is 1. The van der Waals surface area contributed by atoms with Crippen LogP contribution in [0.25, 0.3) is 22.3 Å². The van der Waals surface area contributed by atoms with Crippen LogP contribution in [0.5, 0.6) is 0 Å². The second kappa shape index (κ2) is 7.95. The van der Waals surface area contributed by atoms with Crippen LogP contribution in [0, 0.1) is 0 Å². The van der Waals surface area contributed by atoms with Gasteiger partial charge in [-0.05, 0) is 34.1 Å². The van der Waals surface area contributed by atoms with E-state index in [-0.39, 0.29) is 17.8 Å². The zero-order chi connectivity index (χ0) is 21.1. The third kappa shape index (κ3) is 3.65. The van der Waals surface area contributed by atoms with Crippen molar-refractivity contribution in [2.45, 2.75) is 12.5 Å². The van der Waals surface area contributed by atoms with Gasteiger partial charge in [-0.1, -0.05) is 24.3 Å². The lowest BCUT2D eigenvalue weighted by Gasteiger charge is -2.15. The number of amides is 2. The van der Waals surface area contributed by atoms with Gasteiger partial charge in [0.05, 0.1) is 5.69 Å². The second-order valence-corrected chi connectivity index (χ2v) is 6.49. The van der Waals surface area contributed by atoms with Gasteiger partial charge >= 0.3 is 0 Å². The number of para-hydroxylation sites is 1. The van der Waals surface area contributed by atoms with Crippen molar-refractivity contribution in [2.24, 2.45) is 5.73 Å². The molecule has 0 aliphatic carbocycles. The summed E-state index contributed by atoms with van der Waals surface area (Å²) in [7, 11) is 0. The Labute approximate surface area is 169 Å². The second-order valence-electron chi connectivity index (χ2n) is 6.49. The molecule has 4 aromatic rings. The highest BCUT2D eigenvalue weighted by Gasteiger charge is 2.29. The van der Waals surface area contributed by atoms with Crippen molar-refractivity contribution in [2.75, 3.05) is 0 Å². The van der Waals surface area contributed by atoms with Crippen molar-refractivity contribution in [1.29, 1.82) is 0 Å². The number of hydrogen-bond donors (Lipinski definition) is 3. The number of benzene rings is 1. The largest absolute Gasteiger partial charge is 0.363 e. The maximum atomic E-state index is 12.8. The molecule has 30 heavy (non-hydrogen) atoms. The Balaban J connectivity index is 1.62. The van der Waals surface area contributed by atoms with Crippen LogP contribution in [0.3, 0.4) is 0 Å². The standard InChI is InChI=1S/C20H16N6O4/c21-19(28)18(27)15(9-11-10-23-13-6-2-1-5-12(11)13)24-20(29)17-16(25-30-26-17)14-7-3-4-8-22-14/h1-8,10,15,23H,9H2,(H2,21,28)(H,24,29). The van der Waals surface area contributed by atoms with Crippen LogP contribution in [0.4, 0.5) is 0 Å². The molecule has 0 aliphatic rings. The summed E-state index contributed by atoms with van der Waals surface area (Å²) in [5, 5.41) is 10.7. The molecule has 0 radical (unpaired) electrons. The summed E-state index contributed by atoms with van der Waals surface area (Å²) in [5.41, 5.74) is 7.13. The van der Waals surface area contributed by atoms with Gasteiger partial charge in [0.15, 0.2) is 5.69 Å². The summed E-state index contributed by atoms with van der Waals surface area (Å²) >= 11 is 0. The number of Topliss-reactive ketones (excluding diaryl/α,β-unsaturated/α-hetero) is 1. The Kier molecular flexibility index (Phi) is 5.04. The van der Waals surface area contributed by atoms with Crippen LogP contribution in [0.15, 0.2) is 59.5 Å². The smallest absolute Gasteiger partial charge is 0.287 e. The highest BCUT2D eigenvalue weighted by atomic mass is 16.6. The van der Waals surface area contributed by atoms with E-state index in [2.05, 4.69) is 25.6 Å². The molecule has 1 atom stereocenters. The number of aromatic nitrogens is 4. The molecule has 0 saturated carbocycles. The number of aromatic amines is 1. The van der Waals surface area contributed by atoms with E-state index in [0.29, 0.717) is 5.69 Å². The van der Waals surface area contributed by atoms with E-state index in [4.69, 9.17) is 10.4 Å². The lowest BCUT2D eigenvalue weighted by atomic mass is 10.0. The van der Waals surface area contributed by atoms with Gasteiger partial charge in [-0.15, -0.1) is 0 Å². The summed E-state index contributed by atoms with van der Waals surface area (Å²) < 4.78 is 4.69. The minimum absolute atomic E-state index is 0.0573. The first kappa shape index (κ1) is 19.0. The lowest BCUT2D eigenvalue weighted by molar-refractivity contribution is -0.137. The molecule has 0 fully saturated rings. The predicted molar refractivity (Wildman–Crippen MR) is 105 cm³/mol. The van der Waals surface area contributed by atoms with Crippen LogP contribution in [0.1, 0.15) is 16.1 Å². The monoisotopic (exact) mass is 404 g/mol. The molecule has 2 amide bonds. The molecule has 0 saturated heterocycles. The van der Waals surface area contributed by atoms with Crippen molar-refractivity contribution < 1.29 is 19.0 Å². The predicted octanol–water partition coefficient (Wildman–Crippen LogP) is 1.01. The van der Waals surface area contributed by atoms with Gasteiger partial charge in [0.1, 0.15) is 6.04 Å². The van der Waals surface area contributed by atoms with Crippen LogP contribution in [-0.4, -0.2) is 43.9 Å². The third-order valence-corrected chi connectivity index (χ3v) is 4.57. The topological polar surface area (TPSA) is 157 Å². The van der Waals surface area contributed by atoms with Crippen molar-refractivity contribution in [3.8, 4) is 11.4 Å². The van der Waals surface area contributed by atoms with E-state index in [1.807, 2.05) is 24.3 Å². The van der Waals surface area contributed by atoms with Gasteiger partial charge in [-0.3, -0.25) is 19.4 Å². The molecule has 3 aromatic heterocycles. The molecule has 0 bridgehead atoms. The number of fused-ring (bicyclic) bond motifs is 1. The van der Waals surface area contributed by atoms with Gasteiger partial charge in [-0.2, -0.15) is 0 Å². The number of pyridine rings is 1. The summed E-state index contributed by atoms with van der Waals surface area (Å²) in [6.45, 7) is 0. The highest BCUT2D eigenvalue weighted by molar-refractivity contribution is 6.38. The number of carbonyl (C=O) groups is 3. The summed E-state index contributed by atoms with van der Waals surface area (Å²) in [6.07, 6.45) is 3.30. The Morgan fingerprint density at radius 1 is 1.10 bits per heavy atom. The molecule has 10 heteroatoms. The number of carbonyl (C=O) groups excluding carboxylic acids is 3. The molecular formula is C20H16N6O4. The van der Waals surface area contributed by atoms with E-state index < -0.39 is 23.6 Å². The minimum atomic E-state index is -1.19. The average molecular weight is 404 g/mol. The maximum absolute atomic E-state index is 12.8. The van der Waals surface area contributed by atoms with Gasteiger partial charge in [0, 0.05) is 29.7 Å². The number of nitrogens with zero attached hydrogens (tertiary/aromatic N) is 3. The van der Waals surface area contributed by atoms with E-state index in [1.165, 1.54) is 6.20 Å². The molecular weight excluding hydrogens is 388 g/mol. The van der Waals surface area contributed by atoms with E-state index >= 15 is 0 Å². The van der Waals surface area contributed by atoms with Gasteiger partial charge in [0.25, 0.3) is 11.8 Å². The fourth-order valence-electron chi connectivity index (χ4n) is 3.14. The zero-order valence-corrected chi connectivity index (χ0v) is 15.5. The molecule has 3 heterocycles. The Morgan fingerprint density at radius 2 is 1.90 bits per heavy atom. The number of hydrogen-bond acceptors (Lipinski definition) is 7. The molecule has 10 nitrogen and oxygen atoms in total. The highest BCUT2D eigenvalue weighted by Crippen LogP contribution is 2.20. The van der Waals surface area contributed by atoms with Crippen LogP contribution >= 0.6 is 0 Å². The van der Waals surface area contributed by atoms with Gasteiger partial charge < -0.3 is 16.0 Å². The fourth-order valence-corrected chi connectivity index (χ4v) is 3.14. The van der Waals surface area contributed by atoms with Crippen molar-refractivity contribution >= 4 is 28.5 Å². The Hall–Kier alpha value is -4.34. The van der Waals surface area contributed by atoms with Crippen LogP contribution < -0.4 is 11.1 Å². The van der Waals surface area contributed by atoms with Gasteiger partial charge in [-0.25, -0.2) is 4.63 Å². The molecule has 1 aromatic carbocycles. The van der Waals surface area contributed by atoms with Crippen molar-refractivity contribution in [1.82, 2.24) is 25.6 Å². The third-order valence-electron chi connectivity index (χ3n) is 4.57. The van der Waals surface area contributed by atoms with Crippen LogP contribution in [-0.2, 0) is 16.0 Å². The van der Waals surface area contributed by atoms with E-state index in [0.717, 1.165) is 16.5 Å². The zero-order valence-electron chi connectivity index (χ0n) is 15.5. The van der Waals surface area contributed by atoms with E-state index in [1.54, 1.807) is 24.4 Å². The van der Waals surface area contributed by atoms with Gasteiger partial charge in [0.2, 0.25) is 11.5 Å². The SMILES string of the molecule is NC(=O)C(=O)C(Cc1c[nH]c2ccccc12)NC(=O)c1nonc1-c1ccccn1. The molecule has 0 spiro atoms. The number of H-pyrrole nitrogens is 1. The van der Waals surface area contributed by atoms with Crippen LogP contribution in [0.2, 0.25) is 0 Å². The van der Waals surface area contributed by atoms with Crippen molar-refractivity contribution in [3.05, 3.63) is 66.1 Å². The average Bonchev–Trinajstić information content (AvgIpc) is 3.41. The Morgan fingerprint density at radius 3 is 2.67 bits per heavy atom. The molecule has 1 unspecified atom stereocenters.